The van der Waals surface area contributed by atoms with Crippen molar-refractivity contribution in [2.24, 2.45) is 5.73 Å². The van der Waals surface area contributed by atoms with Gasteiger partial charge < -0.3 is 42.0 Å². The maximum Gasteiger partial charge on any atom is 0.326 e. The van der Waals surface area contributed by atoms with Crippen LogP contribution in [0.5, 0.6) is 5.75 Å². The molecule has 0 radical (unpaired) electrons. The number of carboxylic acid groups (broad SMARTS) is 2. The minimum atomic E-state index is -1.51. The van der Waals surface area contributed by atoms with E-state index in [0.717, 1.165) is 10.9 Å². The summed E-state index contributed by atoms with van der Waals surface area (Å²) in [7, 11) is 0. The van der Waals surface area contributed by atoms with E-state index in [0.29, 0.717) is 23.3 Å². The van der Waals surface area contributed by atoms with Gasteiger partial charge in [-0.3, -0.25) is 19.2 Å². The van der Waals surface area contributed by atoms with Crippen molar-refractivity contribution in [3.8, 4) is 5.75 Å². The number of benzene rings is 2. The van der Waals surface area contributed by atoms with Gasteiger partial charge in [0.25, 0.3) is 0 Å². The standard InChI is InChI=1S/C30H37N5O8S/c1-44-13-12-21(31)27(39)34-24(14-17-6-8-19(36)9-7-17)28(40)35-25(15-18-16-32-22-5-3-2-4-20(18)22)29(41)33-23(30(42)43)10-11-26(37)38/h2-9,16,21,23-25,32,36H,10-15,31H2,1H3,(H,33,41)(H,34,39)(H,35,40)(H,37,38)(H,42,43). The predicted molar refractivity (Wildman–Crippen MR) is 165 cm³/mol. The summed E-state index contributed by atoms with van der Waals surface area (Å²) in [4.78, 5) is 66.1. The quantitative estimate of drug-likeness (QED) is 0.107. The lowest BCUT2D eigenvalue weighted by atomic mass is 10.0. The molecule has 3 amide bonds. The number of para-hydroxylation sites is 1. The van der Waals surface area contributed by atoms with Gasteiger partial charge in [0.05, 0.1) is 6.04 Å². The lowest BCUT2D eigenvalue weighted by molar-refractivity contribution is -0.143. The molecule has 0 spiro atoms. The van der Waals surface area contributed by atoms with Crippen molar-refractivity contribution in [3.63, 3.8) is 0 Å². The monoisotopic (exact) mass is 627 g/mol. The van der Waals surface area contributed by atoms with Crippen LogP contribution in [0.4, 0.5) is 0 Å². The summed E-state index contributed by atoms with van der Waals surface area (Å²) in [6, 6.07) is 8.49. The number of phenolic OH excluding ortho intramolecular Hbond substituents is 1. The Morgan fingerprint density at radius 1 is 0.841 bits per heavy atom. The molecule has 44 heavy (non-hydrogen) atoms. The molecule has 0 fully saturated rings. The van der Waals surface area contributed by atoms with Crippen molar-refractivity contribution in [1.29, 1.82) is 0 Å². The van der Waals surface area contributed by atoms with E-state index in [1.54, 1.807) is 18.3 Å². The SMILES string of the molecule is CSCCC(N)C(=O)NC(Cc1ccc(O)cc1)C(=O)NC(Cc1c[nH]c2ccccc12)C(=O)NC(CCC(=O)O)C(=O)O. The van der Waals surface area contributed by atoms with Gasteiger partial charge in [-0.1, -0.05) is 30.3 Å². The number of phenols is 1. The third-order valence-corrected chi connectivity index (χ3v) is 7.62. The van der Waals surface area contributed by atoms with Crippen molar-refractivity contribution in [2.75, 3.05) is 12.0 Å². The summed E-state index contributed by atoms with van der Waals surface area (Å²) < 4.78 is 0. The third-order valence-electron chi connectivity index (χ3n) is 6.97. The number of carbonyl (C=O) groups is 5. The molecule has 0 aliphatic rings. The number of hydrogen-bond acceptors (Lipinski definition) is 8. The number of nitrogens with two attached hydrogens (primary N) is 1. The Balaban J connectivity index is 1.89. The number of nitrogens with one attached hydrogen (secondary N) is 4. The van der Waals surface area contributed by atoms with Gasteiger partial charge in [-0.2, -0.15) is 11.8 Å². The lowest BCUT2D eigenvalue weighted by Gasteiger charge is -2.25. The number of thioether (sulfide) groups is 1. The van der Waals surface area contributed by atoms with E-state index in [4.69, 9.17) is 10.8 Å². The zero-order chi connectivity index (χ0) is 32.2. The van der Waals surface area contributed by atoms with Crippen molar-refractivity contribution in [1.82, 2.24) is 20.9 Å². The highest BCUT2D eigenvalue weighted by atomic mass is 32.2. The van der Waals surface area contributed by atoms with Crippen LogP contribution in [-0.4, -0.2) is 86.1 Å². The first-order chi connectivity index (χ1) is 21.0. The van der Waals surface area contributed by atoms with Crippen LogP contribution in [-0.2, 0) is 36.8 Å². The Morgan fingerprint density at radius 2 is 1.45 bits per heavy atom. The van der Waals surface area contributed by atoms with Crippen LogP contribution in [0.3, 0.4) is 0 Å². The van der Waals surface area contributed by atoms with Gasteiger partial charge >= 0.3 is 11.9 Å². The maximum absolute atomic E-state index is 13.7. The summed E-state index contributed by atoms with van der Waals surface area (Å²) in [5, 5.41) is 36.8. The van der Waals surface area contributed by atoms with E-state index in [1.165, 1.54) is 23.9 Å². The first-order valence-electron chi connectivity index (χ1n) is 13.9. The van der Waals surface area contributed by atoms with E-state index in [2.05, 4.69) is 20.9 Å². The number of amides is 3. The normalized spacial score (nSPS) is 13.8. The average molecular weight is 628 g/mol. The number of aliphatic carboxylic acids is 2. The van der Waals surface area contributed by atoms with Gasteiger partial charge in [-0.25, -0.2) is 4.79 Å². The molecular weight excluding hydrogens is 590 g/mol. The molecule has 2 aromatic carbocycles. The van der Waals surface area contributed by atoms with Gasteiger partial charge in [0.1, 0.15) is 23.9 Å². The van der Waals surface area contributed by atoms with Crippen LogP contribution in [0.25, 0.3) is 10.9 Å². The Morgan fingerprint density at radius 3 is 2.09 bits per heavy atom. The molecule has 3 aromatic rings. The summed E-state index contributed by atoms with van der Waals surface area (Å²) in [6.07, 6.45) is 3.04. The van der Waals surface area contributed by atoms with Crippen molar-refractivity contribution >= 4 is 52.3 Å². The summed E-state index contributed by atoms with van der Waals surface area (Å²) in [6.45, 7) is 0. The van der Waals surface area contributed by atoms with E-state index in [-0.39, 0.29) is 25.0 Å². The fourth-order valence-electron chi connectivity index (χ4n) is 4.53. The number of carboxylic acids is 2. The Hall–Kier alpha value is -4.56. The molecule has 14 heteroatoms. The lowest BCUT2D eigenvalue weighted by Crippen LogP contribution is -2.58. The molecular formula is C30H37N5O8S. The number of rotatable bonds is 17. The molecule has 4 unspecified atom stereocenters. The number of aromatic amines is 1. The van der Waals surface area contributed by atoms with Crippen molar-refractivity contribution in [3.05, 3.63) is 65.9 Å². The second-order valence-electron chi connectivity index (χ2n) is 10.3. The van der Waals surface area contributed by atoms with E-state index in [9.17, 15) is 34.2 Å². The van der Waals surface area contributed by atoms with Crippen molar-refractivity contribution < 1.29 is 39.3 Å². The van der Waals surface area contributed by atoms with E-state index < -0.39 is 60.2 Å². The van der Waals surface area contributed by atoms with Crippen LogP contribution in [0, 0.1) is 0 Å². The minimum Gasteiger partial charge on any atom is -0.508 e. The highest BCUT2D eigenvalue weighted by Crippen LogP contribution is 2.20. The molecule has 236 valence electrons. The molecule has 0 aliphatic carbocycles. The zero-order valence-corrected chi connectivity index (χ0v) is 24.9. The van der Waals surface area contributed by atoms with E-state index >= 15 is 0 Å². The second-order valence-corrected chi connectivity index (χ2v) is 11.3. The molecule has 1 aromatic heterocycles. The number of hydrogen-bond donors (Lipinski definition) is 8. The van der Waals surface area contributed by atoms with Crippen molar-refractivity contribution in [2.45, 2.75) is 56.3 Å². The molecule has 0 aliphatic heterocycles. The van der Waals surface area contributed by atoms with Crippen LogP contribution in [0.1, 0.15) is 30.4 Å². The topological polar surface area (TPSA) is 224 Å². The van der Waals surface area contributed by atoms with Crippen LogP contribution in [0.15, 0.2) is 54.7 Å². The maximum atomic E-state index is 13.7. The van der Waals surface area contributed by atoms with Gasteiger partial charge in [-0.05, 0) is 54.2 Å². The van der Waals surface area contributed by atoms with Crippen LogP contribution >= 0.6 is 11.8 Å². The van der Waals surface area contributed by atoms with E-state index in [1.807, 2.05) is 30.5 Å². The molecule has 1 heterocycles. The zero-order valence-electron chi connectivity index (χ0n) is 24.1. The molecule has 0 bridgehead atoms. The molecule has 13 nitrogen and oxygen atoms in total. The Kier molecular flexibility index (Phi) is 12.6. The molecule has 3 rings (SSSR count). The first kappa shape index (κ1) is 33.9. The summed E-state index contributed by atoms with van der Waals surface area (Å²) in [5.41, 5.74) is 8.10. The average Bonchev–Trinajstić information content (AvgIpc) is 3.40. The second kappa shape index (κ2) is 16.3. The summed E-state index contributed by atoms with van der Waals surface area (Å²) in [5.74, 6) is -4.12. The smallest absolute Gasteiger partial charge is 0.326 e. The highest BCUT2D eigenvalue weighted by Gasteiger charge is 2.31. The van der Waals surface area contributed by atoms with Crippen LogP contribution in [0.2, 0.25) is 0 Å². The Labute approximate surface area is 258 Å². The predicted octanol–water partition coefficient (Wildman–Crippen LogP) is 1.14. The fraction of sp³-hybridized carbons (Fsp3) is 0.367. The molecule has 0 saturated carbocycles. The van der Waals surface area contributed by atoms with Gasteiger partial charge in [0, 0.05) is 36.4 Å². The van der Waals surface area contributed by atoms with Gasteiger partial charge in [0.15, 0.2) is 0 Å². The number of aromatic hydroxyl groups is 1. The van der Waals surface area contributed by atoms with Crippen LogP contribution < -0.4 is 21.7 Å². The van der Waals surface area contributed by atoms with Gasteiger partial charge in [-0.15, -0.1) is 0 Å². The molecule has 0 saturated heterocycles. The van der Waals surface area contributed by atoms with Gasteiger partial charge in [0.2, 0.25) is 17.7 Å². The molecule has 4 atom stereocenters. The fourth-order valence-corrected chi connectivity index (χ4v) is 5.02. The number of carbonyl (C=O) groups excluding carboxylic acids is 3. The largest absolute Gasteiger partial charge is 0.508 e. The highest BCUT2D eigenvalue weighted by molar-refractivity contribution is 7.98. The number of aromatic nitrogens is 1. The minimum absolute atomic E-state index is 0.00485. The number of H-pyrrole nitrogens is 1. The third kappa shape index (κ3) is 10.0. The first-order valence-corrected chi connectivity index (χ1v) is 15.3. The number of fused-ring (bicyclic) bond motifs is 1. The Bertz CT molecular complexity index is 1460. The summed E-state index contributed by atoms with van der Waals surface area (Å²) >= 11 is 1.52. The molecule has 9 N–H and O–H groups in total.